The number of hydrogen-bond acceptors (Lipinski definition) is 2. The Morgan fingerprint density at radius 3 is 2.58 bits per heavy atom. The molecule has 0 bridgehead atoms. The fraction of sp³-hybridized carbons (Fsp3) is 0.647. The lowest BCUT2D eigenvalue weighted by molar-refractivity contribution is -0.0151. The van der Waals surface area contributed by atoms with Gasteiger partial charge in [-0.3, -0.25) is 0 Å². The molecule has 0 atom stereocenters. The molecule has 0 unspecified atom stereocenters. The number of nitrogens with one attached hydrogen (secondary N) is 1. The SMILES string of the molecule is Cc1ccc(C)c(OC2(CCNC(C)C)CCC2)c1. The van der Waals surface area contributed by atoms with E-state index in [2.05, 4.69) is 51.2 Å². The molecule has 106 valence electrons. The highest BCUT2D eigenvalue weighted by atomic mass is 16.5. The van der Waals surface area contributed by atoms with Crippen molar-refractivity contribution < 1.29 is 4.74 Å². The Kier molecular flexibility index (Phi) is 4.51. The molecule has 2 rings (SSSR count). The van der Waals surface area contributed by atoms with Crippen molar-refractivity contribution in [2.24, 2.45) is 0 Å². The molecule has 1 fully saturated rings. The van der Waals surface area contributed by atoms with Gasteiger partial charge >= 0.3 is 0 Å². The zero-order chi connectivity index (χ0) is 13.9. The number of aryl methyl sites for hydroxylation is 2. The topological polar surface area (TPSA) is 21.3 Å². The van der Waals surface area contributed by atoms with Crippen molar-refractivity contribution in [3.8, 4) is 5.75 Å². The largest absolute Gasteiger partial charge is 0.487 e. The Morgan fingerprint density at radius 1 is 1.26 bits per heavy atom. The van der Waals surface area contributed by atoms with Gasteiger partial charge in [0.25, 0.3) is 0 Å². The van der Waals surface area contributed by atoms with Gasteiger partial charge in [-0.2, -0.15) is 0 Å². The van der Waals surface area contributed by atoms with Crippen LogP contribution < -0.4 is 10.1 Å². The standard InChI is InChI=1S/C17H27NO/c1-13(2)18-11-10-17(8-5-9-17)19-16-12-14(3)6-7-15(16)4/h6-7,12-13,18H,5,8-11H2,1-4H3. The van der Waals surface area contributed by atoms with Crippen molar-refractivity contribution in [2.45, 2.75) is 65.0 Å². The summed E-state index contributed by atoms with van der Waals surface area (Å²) in [5.74, 6) is 1.07. The Morgan fingerprint density at radius 2 is 2.00 bits per heavy atom. The third-order valence-electron chi connectivity index (χ3n) is 4.07. The van der Waals surface area contributed by atoms with Crippen LogP contribution in [0.3, 0.4) is 0 Å². The van der Waals surface area contributed by atoms with Gasteiger partial charge in [-0.05, 0) is 63.3 Å². The number of rotatable bonds is 6. The first kappa shape index (κ1) is 14.4. The van der Waals surface area contributed by atoms with Crippen molar-refractivity contribution in [3.63, 3.8) is 0 Å². The predicted octanol–water partition coefficient (Wildman–Crippen LogP) is 3.99. The molecule has 1 aromatic carbocycles. The molecule has 1 N–H and O–H groups in total. The summed E-state index contributed by atoms with van der Waals surface area (Å²) in [6, 6.07) is 7.03. The summed E-state index contributed by atoms with van der Waals surface area (Å²) in [7, 11) is 0. The Balaban J connectivity index is 1.99. The zero-order valence-corrected chi connectivity index (χ0v) is 12.8. The summed E-state index contributed by atoms with van der Waals surface area (Å²) in [5.41, 5.74) is 2.60. The van der Waals surface area contributed by atoms with Crippen LogP contribution >= 0.6 is 0 Å². The first-order valence-corrected chi connectivity index (χ1v) is 7.50. The Hall–Kier alpha value is -1.02. The molecule has 1 saturated carbocycles. The van der Waals surface area contributed by atoms with E-state index < -0.39 is 0 Å². The van der Waals surface area contributed by atoms with Crippen LogP contribution in [0.4, 0.5) is 0 Å². The van der Waals surface area contributed by atoms with Crippen LogP contribution in [0.5, 0.6) is 5.75 Å². The van der Waals surface area contributed by atoms with Crippen LogP contribution in [0.15, 0.2) is 18.2 Å². The normalized spacial score (nSPS) is 17.3. The van der Waals surface area contributed by atoms with Crippen molar-refractivity contribution >= 4 is 0 Å². The highest BCUT2D eigenvalue weighted by Gasteiger charge is 2.39. The van der Waals surface area contributed by atoms with E-state index >= 15 is 0 Å². The molecule has 2 heteroatoms. The van der Waals surface area contributed by atoms with E-state index in [9.17, 15) is 0 Å². The molecule has 0 aliphatic heterocycles. The van der Waals surface area contributed by atoms with E-state index in [1.54, 1.807) is 0 Å². The molecule has 0 saturated heterocycles. The maximum atomic E-state index is 6.39. The molecular formula is C17H27NO. The van der Waals surface area contributed by atoms with Crippen molar-refractivity contribution in [3.05, 3.63) is 29.3 Å². The smallest absolute Gasteiger partial charge is 0.123 e. The number of ether oxygens (including phenoxy) is 1. The highest BCUT2D eigenvalue weighted by molar-refractivity contribution is 5.36. The molecule has 0 heterocycles. The molecule has 0 aromatic heterocycles. The fourth-order valence-corrected chi connectivity index (χ4v) is 2.61. The fourth-order valence-electron chi connectivity index (χ4n) is 2.61. The molecule has 0 radical (unpaired) electrons. The van der Waals surface area contributed by atoms with Crippen LogP contribution in [0, 0.1) is 13.8 Å². The van der Waals surface area contributed by atoms with E-state index in [1.807, 2.05) is 0 Å². The van der Waals surface area contributed by atoms with E-state index in [0.29, 0.717) is 6.04 Å². The lowest BCUT2D eigenvalue weighted by atomic mass is 9.77. The lowest BCUT2D eigenvalue weighted by Crippen LogP contribution is -2.46. The highest BCUT2D eigenvalue weighted by Crippen LogP contribution is 2.40. The number of benzene rings is 1. The monoisotopic (exact) mass is 261 g/mol. The quantitative estimate of drug-likeness (QED) is 0.836. The van der Waals surface area contributed by atoms with Gasteiger partial charge < -0.3 is 10.1 Å². The van der Waals surface area contributed by atoms with Crippen LogP contribution in [-0.2, 0) is 0 Å². The predicted molar refractivity (Wildman–Crippen MR) is 80.9 cm³/mol. The molecule has 19 heavy (non-hydrogen) atoms. The molecule has 0 amide bonds. The van der Waals surface area contributed by atoms with Gasteiger partial charge in [-0.25, -0.2) is 0 Å². The van der Waals surface area contributed by atoms with E-state index in [1.165, 1.54) is 30.4 Å². The van der Waals surface area contributed by atoms with Crippen molar-refractivity contribution in [2.75, 3.05) is 6.54 Å². The summed E-state index contributed by atoms with van der Waals surface area (Å²) in [5, 5.41) is 3.50. The zero-order valence-electron chi connectivity index (χ0n) is 12.8. The molecule has 1 aliphatic rings. The minimum atomic E-state index is 0.0838. The lowest BCUT2D eigenvalue weighted by Gasteiger charge is -2.42. The minimum Gasteiger partial charge on any atom is -0.487 e. The Labute approximate surface area is 117 Å². The van der Waals surface area contributed by atoms with Crippen LogP contribution in [0.25, 0.3) is 0 Å². The van der Waals surface area contributed by atoms with Crippen molar-refractivity contribution in [1.29, 1.82) is 0 Å². The molecule has 1 aromatic rings. The van der Waals surface area contributed by atoms with Gasteiger partial charge in [0.05, 0.1) is 0 Å². The second kappa shape index (κ2) is 5.96. The van der Waals surface area contributed by atoms with E-state index in [0.717, 1.165) is 18.7 Å². The number of hydrogen-bond donors (Lipinski definition) is 1. The van der Waals surface area contributed by atoms with Gasteiger partial charge in [-0.15, -0.1) is 0 Å². The van der Waals surface area contributed by atoms with Gasteiger partial charge in [0, 0.05) is 6.04 Å². The summed E-state index contributed by atoms with van der Waals surface area (Å²) in [4.78, 5) is 0. The van der Waals surface area contributed by atoms with Gasteiger partial charge in [0.2, 0.25) is 0 Å². The van der Waals surface area contributed by atoms with E-state index in [-0.39, 0.29) is 5.60 Å². The maximum absolute atomic E-state index is 6.39. The van der Waals surface area contributed by atoms with Gasteiger partial charge in [0.15, 0.2) is 0 Å². The molecule has 0 spiro atoms. The summed E-state index contributed by atoms with van der Waals surface area (Å²) in [6.07, 6.45) is 4.80. The van der Waals surface area contributed by atoms with Gasteiger partial charge in [0.1, 0.15) is 11.4 Å². The first-order chi connectivity index (χ1) is 9.01. The molecular weight excluding hydrogens is 234 g/mol. The molecule has 1 aliphatic carbocycles. The third kappa shape index (κ3) is 3.73. The van der Waals surface area contributed by atoms with E-state index in [4.69, 9.17) is 4.74 Å². The second-order valence-electron chi connectivity index (χ2n) is 6.27. The average molecular weight is 261 g/mol. The van der Waals surface area contributed by atoms with Gasteiger partial charge in [-0.1, -0.05) is 26.0 Å². The first-order valence-electron chi connectivity index (χ1n) is 7.50. The summed E-state index contributed by atoms with van der Waals surface area (Å²) < 4.78 is 6.39. The van der Waals surface area contributed by atoms with Crippen LogP contribution in [-0.4, -0.2) is 18.2 Å². The molecule has 2 nitrogen and oxygen atoms in total. The second-order valence-corrected chi connectivity index (χ2v) is 6.27. The Bertz CT molecular complexity index is 421. The minimum absolute atomic E-state index is 0.0838. The third-order valence-corrected chi connectivity index (χ3v) is 4.07. The summed E-state index contributed by atoms with van der Waals surface area (Å²) >= 11 is 0. The van der Waals surface area contributed by atoms with Crippen molar-refractivity contribution in [1.82, 2.24) is 5.32 Å². The van der Waals surface area contributed by atoms with Crippen LogP contribution in [0.1, 0.15) is 50.7 Å². The van der Waals surface area contributed by atoms with Crippen LogP contribution in [0.2, 0.25) is 0 Å². The average Bonchev–Trinajstić information content (AvgIpc) is 2.30. The summed E-state index contributed by atoms with van der Waals surface area (Å²) in [6.45, 7) is 9.69. The maximum Gasteiger partial charge on any atom is 0.123 e.